The lowest BCUT2D eigenvalue weighted by atomic mass is 10.4. The van der Waals surface area contributed by atoms with Crippen LogP contribution < -0.4 is 4.74 Å². The number of hydrogen-bond acceptors (Lipinski definition) is 5. The number of hydrogen-bond donors (Lipinski definition) is 0. The number of aryl methyl sites for hydroxylation is 1. The lowest BCUT2D eigenvalue weighted by molar-refractivity contribution is -0.146. The van der Waals surface area contributed by atoms with Crippen LogP contribution in [0.25, 0.3) is 0 Å². The molecule has 0 fully saturated rings. The van der Waals surface area contributed by atoms with Gasteiger partial charge < -0.3 is 9.47 Å². The molecule has 0 radical (unpaired) electrons. The highest BCUT2D eigenvalue weighted by Crippen LogP contribution is 2.03. The molecule has 5 nitrogen and oxygen atoms in total. The van der Waals surface area contributed by atoms with Crippen LogP contribution in [0.2, 0.25) is 0 Å². The first-order chi connectivity index (χ1) is 7.72. The molecule has 0 saturated carbocycles. The van der Waals surface area contributed by atoms with Crippen LogP contribution >= 0.6 is 0 Å². The second-order valence-electron chi connectivity index (χ2n) is 3.36. The zero-order valence-corrected chi connectivity index (χ0v) is 9.60. The van der Waals surface area contributed by atoms with Crippen molar-refractivity contribution in [2.45, 2.75) is 26.7 Å². The molecule has 1 aromatic rings. The molecule has 0 aliphatic heterocycles. The molecule has 0 saturated heterocycles. The third kappa shape index (κ3) is 4.72. The van der Waals surface area contributed by atoms with E-state index in [2.05, 4.69) is 9.97 Å². The van der Waals surface area contributed by atoms with Crippen molar-refractivity contribution in [1.29, 1.82) is 0 Å². The first kappa shape index (κ1) is 12.4. The summed E-state index contributed by atoms with van der Waals surface area (Å²) in [5.41, 5.74) is 0.804. The Bertz CT molecular complexity index is 325. The molecular weight excluding hydrogens is 208 g/mol. The Hall–Kier alpha value is -1.65. The molecule has 0 aromatic carbocycles. The van der Waals surface area contributed by atoms with Gasteiger partial charge in [0.25, 0.3) is 0 Å². The molecule has 16 heavy (non-hydrogen) atoms. The van der Waals surface area contributed by atoms with E-state index >= 15 is 0 Å². The van der Waals surface area contributed by atoms with Gasteiger partial charge in [0.2, 0.25) is 5.88 Å². The number of unbranched alkanes of at least 4 members (excludes halogenated alkanes) is 1. The van der Waals surface area contributed by atoms with Crippen molar-refractivity contribution in [3.05, 3.63) is 18.1 Å². The molecular formula is C11H16N2O3. The van der Waals surface area contributed by atoms with Crippen LogP contribution in [-0.4, -0.2) is 29.2 Å². The fraction of sp³-hybridized carbons (Fsp3) is 0.545. The third-order valence-corrected chi connectivity index (χ3v) is 1.86. The molecule has 1 rings (SSSR count). The Morgan fingerprint density at radius 2 is 2.19 bits per heavy atom. The van der Waals surface area contributed by atoms with Gasteiger partial charge in [0.1, 0.15) is 0 Å². The summed E-state index contributed by atoms with van der Waals surface area (Å²) in [4.78, 5) is 19.1. The van der Waals surface area contributed by atoms with Crippen molar-refractivity contribution < 1.29 is 14.3 Å². The summed E-state index contributed by atoms with van der Waals surface area (Å²) in [7, 11) is 0. The van der Waals surface area contributed by atoms with Crippen LogP contribution in [0.5, 0.6) is 5.88 Å². The Morgan fingerprint density at radius 3 is 2.81 bits per heavy atom. The zero-order valence-electron chi connectivity index (χ0n) is 9.60. The molecule has 0 spiro atoms. The highest BCUT2D eigenvalue weighted by atomic mass is 16.6. The Labute approximate surface area is 94.8 Å². The molecule has 1 heterocycles. The minimum Gasteiger partial charge on any atom is -0.465 e. The highest BCUT2D eigenvalue weighted by molar-refractivity contribution is 5.70. The molecule has 0 N–H and O–H groups in total. The van der Waals surface area contributed by atoms with Crippen molar-refractivity contribution in [1.82, 2.24) is 9.97 Å². The Kier molecular flexibility index (Phi) is 5.25. The highest BCUT2D eigenvalue weighted by Gasteiger charge is 2.04. The summed E-state index contributed by atoms with van der Waals surface area (Å²) in [5.74, 6) is -0.0473. The molecule has 0 bridgehead atoms. The van der Waals surface area contributed by atoms with Crippen molar-refractivity contribution in [2.75, 3.05) is 13.2 Å². The standard InChI is InChI=1S/C11H16N2O3/c1-3-4-5-15-11(14)8-16-10-7-12-9(2)6-13-10/h6-7H,3-5,8H2,1-2H3. The predicted molar refractivity (Wildman–Crippen MR) is 58.1 cm³/mol. The molecule has 0 unspecified atom stereocenters. The van der Waals surface area contributed by atoms with Crippen molar-refractivity contribution in [3.8, 4) is 5.88 Å². The fourth-order valence-corrected chi connectivity index (χ4v) is 0.960. The van der Waals surface area contributed by atoms with Gasteiger partial charge >= 0.3 is 5.97 Å². The first-order valence-electron chi connectivity index (χ1n) is 5.29. The SMILES string of the molecule is CCCCOC(=O)COc1cnc(C)cn1. The maximum Gasteiger partial charge on any atom is 0.344 e. The lowest BCUT2D eigenvalue weighted by Crippen LogP contribution is -2.16. The van der Waals surface area contributed by atoms with Crippen molar-refractivity contribution >= 4 is 5.97 Å². The first-order valence-corrected chi connectivity index (χ1v) is 5.29. The zero-order chi connectivity index (χ0) is 11.8. The number of esters is 1. The van der Waals surface area contributed by atoms with Crippen molar-refractivity contribution in [3.63, 3.8) is 0 Å². The lowest BCUT2D eigenvalue weighted by Gasteiger charge is -2.05. The summed E-state index contributed by atoms with van der Waals surface area (Å²) in [5, 5.41) is 0. The number of carbonyl (C=O) groups is 1. The second kappa shape index (κ2) is 6.76. The summed E-state index contributed by atoms with van der Waals surface area (Å²) >= 11 is 0. The number of carbonyl (C=O) groups excluding carboxylic acids is 1. The van der Waals surface area contributed by atoms with Gasteiger partial charge in [-0.25, -0.2) is 9.78 Å². The van der Waals surface area contributed by atoms with E-state index in [1.54, 1.807) is 6.20 Å². The molecule has 0 amide bonds. The van der Waals surface area contributed by atoms with Gasteiger partial charge in [0.05, 0.1) is 24.7 Å². The van der Waals surface area contributed by atoms with E-state index in [0.717, 1.165) is 18.5 Å². The van der Waals surface area contributed by atoms with E-state index in [0.29, 0.717) is 12.5 Å². The largest absolute Gasteiger partial charge is 0.465 e. The smallest absolute Gasteiger partial charge is 0.344 e. The summed E-state index contributed by atoms with van der Waals surface area (Å²) in [6.07, 6.45) is 4.93. The Balaban J connectivity index is 2.23. The molecule has 88 valence electrons. The summed E-state index contributed by atoms with van der Waals surface area (Å²) in [6, 6.07) is 0. The maximum atomic E-state index is 11.2. The van der Waals surface area contributed by atoms with E-state index in [1.165, 1.54) is 6.20 Å². The van der Waals surface area contributed by atoms with E-state index in [4.69, 9.17) is 9.47 Å². The normalized spacial score (nSPS) is 9.88. The van der Waals surface area contributed by atoms with Crippen LogP contribution in [0.1, 0.15) is 25.5 Å². The van der Waals surface area contributed by atoms with Crippen LogP contribution in [0.4, 0.5) is 0 Å². The van der Waals surface area contributed by atoms with Crippen LogP contribution in [0.15, 0.2) is 12.4 Å². The van der Waals surface area contributed by atoms with Gasteiger partial charge in [0, 0.05) is 0 Å². The fourth-order valence-electron chi connectivity index (χ4n) is 0.960. The number of rotatable bonds is 6. The van der Waals surface area contributed by atoms with E-state index in [-0.39, 0.29) is 12.6 Å². The van der Waals surface area contributed by atoms with Crippen molar-refractivity contribution in [2.24, 2.45) is 0 Å². The summed E-state index contributed by atoms with van der Waals surface area (Å²) < 4.78 is 10.0. The topological polar surface area (TPSA) is 61.3 Å². The van der Waals surface area contributed by atoms with E-state index in [1.807, 2.05) is 13.8 Å². The average Bonchev–Trinajstić information content (AvgIpc) is 2.29. The quantitative estimate of drug-likeness (QED) is 0.541. The maximum absolute atomic E-state index is 11.2. The monoisotopic (exact) mass is 224 g/mol. The van der Waals surface area contributed by atoms with Crippen LogP contribution in [0.3, 0.4) is 0 Å². The minimum atomic E-state index is -0.379. The molecule has 0 aliphatic carbocycles. The number of nitrogens with zero attached hydrogens (tertiary/aromatic N) is 2. The van der Waals surface area contributed by atoms with Gasteiger partial charge in [-0.05, 0) is 13.3 Å². The number of aromatic nitrogens is 2. The van der Waals surface area contributed by atoms with Gasteiger partial charge in [0.15, 0.2) is 6.61 Å². The van der Waals surface area contributed by atoms with Crippen LogP contribution in [-0.2, 0) is 9.53 Å². The van der Waals surface area contributed by atoms with E-state index < -0.39 is 0 Å². The van der Waals surface area contributed by atoms with Gasteiger partial charge in [-0.3, -0.25) is 4.98 Å². The summed E-state index contributed by atoms with van der Waals surface area (Å²) in [6.45, 7) is 4.18. The van der Waals surface area contributed by atoms with Crippen LogP contribution in [0, 0.1) is 6.92 Å². The van der Waals surface area contributed by atoms with E-state index in [9.17, 15) is 4.79 Å². The predicted octanol–water partition coefficient (Wildman–Crippen LogP) is 1.51. The molecule has 1 aromatic heterocycles. The third-order valence-electron chi connectivity index (χ3n) is 1.86. The molecule has 0 atom stereocenters. The molecule has 0 aliphatic rings. The molecule has 5 heteroatoms. The Morgan fingerprint density at radius 1 is 1.38 bits per heavy atom. The van der Waals surface area contributed by atoms with Gasteiger partial charge in [-0.15, -0.1) is 0 Å². The number of ether oxygens (including phenoxy) is 2. The average molecular weight is 224 g/mol. The second-order valence-corrected chi connectivity index (χ2v) is 3.36. The van der Waals surface area contributed by atoms with Gasteiger partial charge in [-0.2, -0.15) is 0 Å². The van der Waals surface area contributed by atoms with Gasteiger partial charge in [-0.1, -0.05) is 13.3 Å². The minimum absolute atomic E-state index is 0.124.